The Hall–Kier alpha value is -2.97. The summed E-state index contributed by atoms with van der Waals surface area (Å²) in [6, 6.07) is -0.164. The van der Waals surface area contributed by atoms with Crippen molar-refractivity contribution in [2.45, 2.75) is 46.1 Å². The Morgan fingerprint density at radius 2 is 1.96 bits per heavy atom. The summed E-state index contributed by atoms with van der Waals surface area (Å²) in [5.41, 5.74) is 4.27. The van der Waals surface area contributed by atoms with Crippen LogP contribution in [0.1, 0.15) is 58.4 Å². The van der Waals surface area contributed by atoms with Gasteiger partial charge in [0, 0.05) is 25.4 Å². The van der Waals surface area contributed by atoms with Gasteiger partial charge in [-0.15, -0.1) is 0 Å². The molecule has 0 aromatic carbocycles. The average Bonchev–Trinajstić information content (AvgIpc) is 3.34. The molecule has 27 heavy (non-hydrogen) atoms. The highest BCUT2D eigenvalue weighted by atomic mass is 16.6. The fraction of sp³-hybridized carbons (Fsp3) is 0.500. The Kier molecular flexibility index (Phi) is 4.29. The van der Waals surface area contributed by atoms with Gasteiger partial charge >= 0.3 is 0 Å². The van der Waals surface area contributed by atoms with E-state index >= 15 is 0 Å². The summed E-state index contributed by atoms with van der Waals surface area (Å²) < 4.78 is 12.0. The first kappa shape index (κ1) is 17.4. The molecule has 1 aliphatic rings. The van der Waals surface area contributed by atoms with Crippen LogP contribution in [0.2, 0.25) is 0 Å². The SMILES string of the molecule is Cc1nonc1C(=O)N1CCCC[C@H]1c1nn(C)cc1-c1onc(C)c1C. The van der Waals surface area contributed by atoms with Crippen molar-refractivity contribution in [3.05, 3.63) is 34.5 Å². The van der Waals surface area contributed by atoms with Crippen molar-refractivity contribution in [1.82, 2.24) is 30.2 Å². The minimum atomic E-state index is -0.180. The van der Waals surface area contributed by atoms with Gasteiger partial charge in [-0.05, 0) is 45.2 Å². The van der Waals surface area contributed by atoms with E-state index in [9.17, 15) is 4.79 Å². The quantitative estimate of drug-likeness (QED) is 0.698. The van der Waals surface area contributed by atoms with Gasteiger partial charge in [0.1, 0.15) is 5.69 Å². The molecule has 1 fully saturated rings. The zero-order chi connectivity index (χ0) is 19.1. The van der Waals surface area contributed by atoms with Gasteiger partial charge in [-0.3, -0.25) is 9.48 Å². The van der Waals surface area contributed by atoms with Gasteiger partial charge in [0.05, 0.1) is 23.0 Å². The lowest BCUT2D eigenvalue weighted by Gasteiger charge is -2.34. The lowest BCUT2D eigenvalue weighted by molar-refractivity contribution is 0.0594. The highest BCUT2D eigenvalue weighted by Crippen LogP contribution is 2.38. The van der Waals surface area contributed by atoms with Crippen molar-refractivity contribution in [2.75, 3.05) is 6.54 Å². The molecule has 0 unspecified atom stereocenters. The number of hydrogen-bond acceptors (Lipinski definition) is 7. The van der Waals surface area contributed by atoms with E-state index in [0.717, 1.165) is 41.8 Å². The molecule has 9 heteroatoms. The topological polar surface area (TPSA) is 103 Å². The Morgan fingerprint density at radius 3 is 2.63 bits per heavy atom. The van der Waals surface area contributed by atoms with E-state index in [1.807, 2.05) is 32.0 Å². The number of amides is 1. The van der Waals surface area contributed by atoms with Crippen molar-refractivity contribution in [3.8, 4) is 11.3 Å². The van der Waals surface area contributed by atoms with Crippen molar-refractivity contribution in [3.63, 3.8) is 0 Å². The molecule has 4 rings (SSSR count). The third kappa shape index (κ3) is 2.92. The molecule has 1 atom stereocenters. The summed E-state index contributed by atoms with van der Waals surface area (Å²) in [5, 5.41) is 16.3. The Labute approximate surface area is 156 Å². The summed E-state index contributed by atoms with van der Waals surface area (Å²) in [6.07, 6.45) is 4.71. The van der Waals surface area contributed by atoms with E-state index in [4.69, 9.17) is 9.15 Å². The molecular formula is C18H22N6O3. The van der Waals surface area contributed by atoms with E-state index in [1.54, 1.807) is 11.6 Å². The van der Waals surface area contributed by atoms with E-state index < -0.39 is 0 Å². The first-order valence-electron chi connectivity index (χ1n) is 9.04. The van der Waals surface area contributed by atoms with Gasteiger partial charge in [0.25, 0.3) is 5.91 Å². The number of rotatable bonds is 3. The third-order valence-electron chi connectivity index (χ3n) is 5.19. The molecule has 1 amide bonds. The number of piperidine rings is 1. The summed E-state index contributed by atoms with van der Waals surface area (Å²) in [6.45, 7) is 6.25. The second-order valence-electron chi connectivity index (χ2n) is 7.03. The van der Waals surface area contributed by atoms with Crippen LogP contribution in [0.4, 0.5) is 0 Å². The van der Waals surface area contributed by atoms with Crippen molar-refractivity contribution in [1.29, 1.82) is 0 Å². The Balaban J connectivity index is 1.76. The van der Waals surface area contributed by atoms with E-state index in [1.165, 1.54) is 0 Å². The minimum Gasteiger partial charge on any atom is -0.356 e. The van der Waals surface area contributed by atoms with Crippen LogP contribution in [0.3, 0.4) is 0 Å². The molecule has 0 spiro atoms. The lowest BCUT2D eigenvalue weighted by atomic mass is 9.95. The van der Waals surface area contributed by atoms with Gasteiger partial charge < -0.3 is 9.42 Å². The van der Waals surface area contributed by atoms with Crippen LogP contribution < -0.4 is 0 Å². The second-order valence-corrected chi connectivity index (χ2v) is 7.03. The standard InChI is InChI=1S/C18H22N6O3/c1-10-11(2)20-26-17(10)13-9-23(4)19-16(13)14-7-5-6-8-24(14)18(25)15-12(3)21-27-22-15/h9,14H,5-8H2,1-4H3/t14-/m0/s1. The summed E-state index contributed by atoms with van der Waals surface area (Å²) in [4.78, 5) is 14.9. The predicted octanol–water partition coefficient (Wildman–Crippen LogP) is 2.75. The fourth-order valence-corrected chi connectivity index (χ4v) is 3.61. The smallest absolute Gasteiger partial charge is 0.278 e. The van der Waals surface area contributed by atoms with Crippen LogP contribution >= 0.6 is 0 Å². The van der Waals surface area contributed by atoms with Crippen LogP contribution in [0, 0.1) is 20.8 Å². The highest BCUT2D eigenvalue weighted by molar-refractivity contribution is 5.93. The number of likely N-dealkylation sites (tertiary alicyclic amines) is 1. The summed E-state index contributed by atoms with van der Waals surface area (Å²) >= 11 is 0. The largest absolute Gasteiger partial charge is 0.356 e. The highest BCUT2D eigenvalue weighted by Gasteiger charge is 2.35. The Bertz CT molecular complexity index is 985. The molecule has 1 aliphatic heterocycles. The monoisotopic (exact) mass is 370 g/mol. The van der Waals surface area contributed by atoms with E-state index in [2.05, 4.69) is 20.6 Å². The maximum Gasteiger partial charge on any atom is 0.278 e. The number of carbonyl (C=O) groups is 1. The molecule has 4 heterocycles. The van der Waals surface area contributed by atoms with E-state index in [-0.39, 0.29) is 17.6 Å². The zero-order valence-corrected chi connectivity index (χ0v) is 15.9. The number of hydrogen-bond donors (Lipinski definition) is 0. The fourth-order valence-electron chi connectivity index (χ4n) is 3.61. The molecule has 0 radical (unpaired) electrons. The maximum absolute atomic E-state index is 13.1. The van der Waals surface area contributed by atoms with Crippen molar-refractivity contribution < 1.29 is 13.9 Å². The first-order valence-corrected chi connectivity index (χ1v) is 9.04. The molecule has 3 aromatic heterocycles. The van der Waals surface area contributed by atoms with Gasteiger partial charge in [-0.1, -0.05) is 10.3 Å². The Morgan fingerprint density at radius 1 is 1.15 bits per heavy atom. The van der Waals surface area contributed by atoms with Crippen LogP contribution in [-0.4, -0.2) is 42.6 Å². The van der Waals surface area contributed by atoms with E-state index in [0.29, 0.717) is 18.0 Å². The maximum atomic E-state index is 13.1. The number of carbonyl (C=O) groups excluding carboxylic acids is 1. The molecule has 0 saturated carbocycles. The molecule has 0 bridgehead atoms. The van der Waals surface area contributed by atoms with Crippen molar-refractivity contribution >= 4 is 5.91 Å². The lowest BCUT2D eigenvalue weighted by Crippen LogP contribution is -2.39. The number of nitrogens with zero attached hydrogens (tertiary/aromatic N) is 6. The zero-order valence-electron chi connectivity index (χ0n) is 15.9. The second kappa shape index (κ2) is 6.64. The first-order chi connectivity index (χ1) is 13.0. The van der Waals surface area contributed by atoms with Gasteiger partial charge in [-0.25, -0.2) is 4.63 Å². The average molecular weight is 370 g/mol. The molecule has 1 saturated heterocycles. The van der Waals surface area contributed by atoms with Crippen LogP contribution in [-0.2, 0) is 7.05 Å². The van der Waals surface area contributed by atoms with Gasteiger partial charge in [-0.2, -0.15) is 5.10 Å². The van der Waals surface area contributed by atoms with Crippen LogP contribution in [0.5, 0.6) is 0 Å². The van der Waals surface area contributed by atoms with Gasteiger partial charge in [0.2, 0.25) is 0 Å². The molecule has 3 aromatic rings. The van der Waals surface area contributed by atoms with Crippen LogP contribution in [0.15, 0.2) is 15.3 Å². The van der Waals surface area contributed by atoms with Crippen molar-refractivity contribution in [2.24, 2.45) is 7.05 Å². The molecule has 142 valence electrons. The molecule has 9 nitrogen and oxygen atoms in total. The normalized spacial score (nSPS) is 17.5. The third-order valence-corrected chi connectivity index (χ3v) is 5.19. The molecular weight excluding hydrogens is 348 g/mol. The number of aromatic nitrogens is 5. The summed E-state index contributed by atoms with van der Waals surface area (Å²) in [7, 11) is 1.87. The van der Waals surface area contributed by atoms with Gasteiger partial charge in [0.15, 0.2) is 11.5 Å². The minimum absolute atomic E-state index is 0.164. The van der Waals surface area contributed by atoms with Crippen LogP contribution in [0.25, 0.3) is 11.3 Å². The molecule has 0 aliphatic carbocycles. The molecule has 0 N–H and O–H groups in total. The number of aryl methyl sites for hydroxylation is 3. The summed E-state index contributed by atoms with van der Waals surface area (Å²) in [5.74, 6) is 0.522. The predicted molar refractivity (Wildman–Crippen MR) is 94.8 cm³/mol.